The molecular formula is C12H16N4O2S. The second kappa shape index (κ2) is 5.83. The smallest absolute Gasteiger partial charge is 0.221 e. The Kier molecular flexibility index (Phi) is 4.16. The molecule has 0 fully saturated rings. The van der Waals surface area contributed by atoms with E-state index >= 15 is 0 Å². The lowest BCUT2D eigenvalue weighted by Gasteiger charge is -2.05. The largest absolute Gasteiger partial charge is 0.481 e. The van der Waals surface area contributed by atoms with Gasteiger partial charge in [-0.25, -0.2) is 0 Å². The number of amides is 1. The van der Waals surface area contributed by atoms with Crippen molar-refractivity contribution in [2.75, 3.05) is 13.7 Å². The molecule has 0 spiro atoms. The summed E-state index contributed by atoms with van der Waals surface area (Å²) in [5, 5.41) is 2.76. The van der Waals surface area contributed by atoms with E-state index in [1.54, 1.807) is 13.2 Å². The van der Waals surface area contributed by atoms with Crippen molar-refractivity contribution in [3.63, 3.8) is 0 Å². The molecule has 2 heterocycles. The van der Waals surface area contributed by atoms with Crippen molar-refractivity contribution >= 4 is 29.3 Å². The zero-order chi connectivity index (χ0) is 13.8. The molecule has 0 atom stereocenters. The third-order valence-corrected chi connectivity index (χ3v) is 3.06. The third-order valence-electron chi connectivity index (χ3n) is 2.74. The second-order valence-electron chi connectivity index (χ2n) is 4.01. The van der Waals surface area contributed by atoms with Gasteiger partial charge in [0.25, 0.3) is 0 Å². The van der Waals surface area contributed by atoms with Crippen LogP contribution in [-0.2, 0) is 11.3 Å². The molecule has 0 saturated carbocycles. The maximum Gasteiger partial charge on any atom is 0.221 e. The van der Waals surface area contributed by atoms with Gasteiger partial charge in [-0.05, 0) is 25.2 Å². The van der Waals surface area contributed by atoms with E-state index in [0.29, 0.717) is 35.8 Å². The zero-order valence-electron chi connectivity index (χ0n) is 10.9. The van der Waals surface area contributed by atoms with Crippen molar-refractivity contribution < 1.29 is 9.53 Å². The zero-order valence-corrected chi connectivity index (χ0v) is 11.7. The summed E-state index contributed by atoms with van der Waals surface area (Å²) < 4.78 is 7.46. The minimum Gasteiger partial charge on any atom is -0.481 e. The van der Waals surface area contributed by atoms with Crippen LogP contribution in [0.2, 0.25) is 0 Å². The van der Waals surface area contributed by atoms with Gasteiger partial charge in [-0.3, -0.25) is 4.79 Å². The number of aromatic nitrogens is 3. The summed E-state index contributed by atoms with van der Waals surface area (Å²) >= 11 is 5.24. The van der Waals surface area contributed by atoms with Gasteiger partial charge in [0.1, 0.15) is 0 Å². The number of imidazole rings is 1. The highest BCUT2D eigenvalue weighted by atomic mass is 32.1. The molecule has 19 heavy (non-hydrogen) atoms. The highest BCUT2D eigenvalue weighted by Crippen LogP contribution is 2.16. The van der Waals surface area contributed by atoms with Gasteiger partial charge in [0, 0.05) is 25.6 Å². The first-order chi connectivity index (χ1) is 9.15. The molecular weight excluding hydrogens is 264 g/mol. The van der Waals surface area contributed by atoms with Crippen molar-refractivity contribution in [2.45, 2.75) is 19.9 Å². The van der Waals surface area contributed by atoms with Crippen LogP contribution in [0.5, 0.6) is 5.88 Å². The van der Waals surface area contributed by atoms with Crippen molar-refractivity contribution in [3.05, 3.63) is 16.9 Å². The summed E-state index contributed by atoms with van der Waals surface area (Å²) in [7, 11) is 1.56. The lowest BCUT2D eigenvalue weighted by atomic mass is 10.4. The molecule has 0 aliphatic rings. The number of nitrogens with one attached hydrogen (secondary N) is 2. The number of aryl methyl sites for hydroxylation is 1. The Hall–Kier alpha value is -1.89. The fourth-order valence-electron chi connectivity index (χ4n) is 1.83. The molecule has 0 aliphatic carbocycles. The third kappa shape index (κ3) is 2.93. The van der Waals surface area contributed by atoms with Crippen molar-refractivity contribution in [3.8, 4) is 5.88 Å². The Morgan fingerprint density at radius 3 is 3.05 bits per heavy atom. The summed E-state index contributed by atoms with van der Waals surface area (Å²) in [5.41, 5.74) is 1.54. The van der Waals surface area contributed by atoms with Gasteiger partial charge in [-0.1, -0.05) is 0 Å². The number of fused-ring (bicyclic) bond motifs is 1. The van der Waals surface area contributed by atoms with Crippen LogP contribution in [0.3, 0.4) is 0 Å². The molecule has 0 unspecified atom stereocenters. The van der Waals surface area contributed by atoms with E-state index in [2.05, 4.69) is 15.3 Å². The number of pyridine rings is 1. The van der Waals surface area contributed by atoms with Crippen molar-refractivity contribution in [2.24, 2.45) is 0 Å². The number of nitrogens with zero attached hydrogens (tertiary/aromatic N) is 2. The molecule has 102 valence electrons. The summed E-state index contributed by atoms with van der Waals surface area (Å²) in [4.78, 5) is 18.9. The van der Waals surface area contributed by atoms with E-state index in [-0.39, 0.29) is 5.91 Å². The van der Waals surface area contributed by atoms with Gasteiger partial charge < -0.3 is 19.6 Å². The molecule has 0 aliphatic heterocycles. The fraction of sp³-hybridized carbons (Fsp3) is 0.417. The number of carbonyl (C=O) groups is 1. The number of ether oxygens (including phenoxy) is 1. The molecule has 7 heteroatoms. The minimum absolute atomic E-state index is 0.00152. The fourth-order valence-corrected chi connectivity index (χ4v) is 2.12. The highest BCUT2D eigenvalue weighted by molar-refractivity contribution is 7.71. The van der Waals surface area contributed by atoms with E-state index in [9.17, 15) is 4.79 Å². The average Bonchev–Trinajstić information content (AvgIpc) is 2.71. The lowest BCUT2D eigenvalue weighted by molar-refractivity contribution is -0.121. The van der Waals surface area contributed by atoms with Gasteiger partial charge >= 0.3 is 0 Å². The predicted molar refractivity (Wildman–Crippen MR) is 74.8 cm³/mol. The summed E-state index contributed by atoms with van der Waals surface area (Å²) in [6.45, 7) is 3.01. The number of hydrogen-bond donors (Lipinski definition) is 2. The number of methoxy groups -OCH3 is 1. The number of carbonyl (C=O) groups excluding carboxylic acids is 1. The van der Waals surface area contributed by atoms with Crippen LogP contribution in [0.15, 0.2) is 12.1 Å². The van der Waals surface area contributed by atoms with Gasteiger partial charge in [-0.15, -0.1) is 0 Å². The minimum atomic E-state index is 0.00152. The standard InChI is InChI=1S/C12H16N4O2S/c1-3-13-9(17)6-7-16-11-8(14-12(16)19)4-5-10(15-11)18-2/h4-5H,3,6-7H2,1-2H3,(H,13,17)(H,14,19). The topological polar surface area (TPSA) is 71.9 Å². The van der Waals surface area contributed by atoms with E-state index in [0.717, 1.165) is 5.52 Å². The maximum atomic E-state index is 11.5. The second-order valence-corrected chi connectivity index (χ2v) is 4.40. The lowest BCUT2D eigenvalue weighted by Crippen LogP contribution is -2.23. The van der Waals surface area contributed by atoms with Crippen LogP contribution in [-0.4, -0.2) is 34.1 Å². The summed E-state index contributed by atoms with van der Waals surface area (Å²) in [6.07, 6.45) is 0.369. The van der Waals surface area contributed by atoms with Crippen LogP contribution in [0, 0.1) is 4.77 Å². The van der Waals surface area contributed by atoms with Crippen molar-refractivity contribution in [1.29, 1.82) is 0 Å². The molecule has 2 aromatic rings. The SMILES string of the molecule is CCNC(=O)CCn1c(=S)[nH]c2ccc(OC)nc21. The molecule has 1 amide bonds. The average molecular weight is 280 g/mol. The van der Waals surface area contributed by atoms with E-state index < -0.39 is 0 Å². The van der Waals surface area contributed by atoms with Crippen LogP contribution in [0.25, 0.3) is 11.2 Å². The summed E-state index contributed by atoms with van der Waals surface area (Å²) in [5.74, 6) is 0.523. The highest BCUT2D eigenvalue weighted by Gasteiger charge is 2.09. The molecule has 6 nitrogen and oxygen atoms in total. The van der Waals surface area contributed by atoms with E-state index in [1.807, 2.05) is 17.6 Å². The quantitative estimate of drug-likeness (QED) is 0.817. The van der Waals surface area contributed by atoms with Crippen LogP contribution < -0.4 is 10.1 Å². The Morgan fingerprint density at radius 1 is 1.58 bits per heavy atom. The Bertz CT molecular complexity index is 647. The first kappa shape index (κ1) is 13.5. The first-order valence-corrected chi connectivity index (χ1v) is 6.46. The molecule has 2 aromatic heterocycles. The molecule has 0 saturated heterocycles. The monoisotopic (exact) mass is 280 g/mol. The van der Waals surface area contributed by atoms with E-state index in [1.165, 1.54) is 0 Å². The van der Waals surface area contributed by atoms with Crippen LogP contribution in [0.4, 0.5) is 0 Å². The van der Waals surface area contributed by atoms with Crippen LogP contribution >= 0.6 is 12.2 Å². The molecule has 0 aromatic carbocycles. The van der Waals surface area contributed by atoms with Gasteiger partial charge in [0.15, 0.2) is 10.4 Å². The maximum absolute atomic E-state index is 11.5. The van der Waals surface area contributed by atoms with E-state index in [4.69, 9.17) is 17.0 Å². The van der Waals surface area contributed by atoms with Crippen LogP contribution in [0.1, 0.15) is 13.3 Å². The molecule has 2 rings (SSSR count). The number of aromatic amines is 1. The van der Waals surface area contributed by atoms with Gasteiger partial charge in [-0.2, -0.15) is 4.98 Å². The van der Waals surface area contributed by atoms with Crippen molar-refractivity contribution in [1.82, 2.24) is 19.9 Å². The van der Waals surface area contributed by atoms with Gasteiger partial charge in [0.05, 0.1) is 12.6 Å². The number of H-pyrrole nitrogens is 1. The Labute approximate surface area is 115 Å². The molecule has 0 bridgehead atoms. The Morgan fingerprint density at radius 2 is 2.37 bits per heavy atom. The summed E-state index contributed by atoms with van der Waals surface area (Å²) in [6, 6.07) is 3.63. The molecule has 0 radical (unpaired) electrons. The normalized spacial score (nSPS) is 10.6. The first-order valence-electron chi connectivity index (χ1n) is 6.06. The Balaban J connectivity index is 2.28. The predicted octanol–water partition coefficient (Wildman–Crippen LogP) is 1.63. The number of rotatable bonds is 5. The molecule has 2 N–H and O–H groups in total. The number of hydrogen-bond acceptors (Lipinski definition) is 4. The van der Waals surface area contributed by atoms with Gasteiger partial charge in [0.2, 0.25) is 11.8 Å².